The van der Waals surface area contributed by atoms with Gasteiger partial charge in [0.25, 0.3) is 5.91 Å². The molecular formula is C19H19F3N2O6S. The second-order valence-corrected chi connectivity index (χ2v) is 7.87. The maximum atomic E-state index is 12.7. The van der Waals surface area contributed by atoms with E-state index >= 15 is 0 Å². The van der Waals surface area contributed by atoms with Crippen molar-refractivity contribution >= 4 is 21.9 Å². The zero-order chi connectivity index (χ0) is 23.1. The van der Waals surface area contributed by atoms with Crippen molar-refractivity contribution in [3.8, 4) is 5.75 Å². The molecule has 0 aliphatic carbocycles. The number of methoxy groups -OCH3 is 1. The van der Waals surface area contributed by atoms with Crippen LogP contribution in [-0.4, -0.2) is 40.6 Å². The minimum Gasteiger partial charge on any atom is -0.496 e. The predicted octanol–water partition coefficient (Wildman–Crippen LogP) is 1.85. The van der Waals surface area contributed by atoms with E-state index in [4.69, 9.17) is 4.74 Å². The number of amides is 1. The lowest BCUT2D eigenvalue weighted by Crippen LogP contribution is -2.34. The molecule has 0 fully saturated rings. The second kappa shape index (κ2) is 10.3. The van der Waals surface area contributed by atoms with Gasteiger partial charge in [-0.3, -0.25) is 9.59 Å². The van der Waals surface area contributed by atoms with Gasteiger partial charge in [-0.15, -0.1) is 0 Å². The van der Waals surface area contributed by atoms with Gasteiger partial charge in [-0.05, 0) is 24.3 Å². The van der Waals surface area contributed by atoms with Gasteiger partial charge in [0.1, 0.15) is 12.3 Å². The Balaban J connectivity index is 1.83. The largest absolute Gasteiger partial charge is 0.496 e. The van der Waals surface area contributed by atoms with Crippen molar-refractivity contribution in [2.75, 3.05) is 20.3 Å². The van der Waals surface area contributed by atoms with Crippen LogP contribution in [-0.2, 0) is 37.1 Å². The molecule has 0 aromatic heterocycles. The fourth-order valence-corrected chi connectivity index (χ4v) is 3.38. The van der Waals surface area contributed by atoms with Gasteiger partial charge in [-0.25, -0.2) is 8.42 Å². The highest BCUT2D eigenvalue weighted by molar-refractivity contribution is 7.89. The van der Waals surface area contributed by atoms with Crippen molar-refractivity contribution in [2.45, 2.75) is 17.6 Å². The molecule has 0 aliphatic heterocycles. The second-order valence-electron chi connectivity index (χ2n) is 6.10. The van der Waals surface area contributed by atoms with Gasteiger partial charge < -0.3 is 14.8 Å². The number of halogens is 3. The third-order valence-electron chi connectivity index (χ3n) is 3.91. The average molecular weight is 460 g/mol. The van der Waals surface area contributed by atoms with Gasteiger partial charge in [0, 0.05) is 12.1 Å². The van der Waals surface area contributed by atoms with Gasteiger partial charge in [0.05, 0.1) is 17.6 Å². The highest BCUT2D eigenvalue weighted by Gasteiger charge is 2.31. The van der Waals surface area contributed by atoms with Crippen LogP contribution in [0.5, 0.6) is 5.75 Å². The van der Waals surface area contributed by atoms with Crippen molar-refractivity contribution < 1.29 is 40.7 Å². The van der Waals surface area contributed by atoms with Crippen molar-refractivity contribution in [3.63, 3.8) is 0 Å². The molecule has 2 rings (SSSR count). The molecule has 0 spiro atoms. The SMILES string of the molecule is COc1ccccc1CNC(=O)COC(=O)CNS(=O)(=O)c1cccc(C(F)(F)F)c1. The zero-order valence-electron chi connectivity index (χ0n) is 16.2. The summed E-state index contributed by atoms with van der Waals surface area (Å²) in [6, 6.07) is 9.99. The number of alkyl halides is 3. The molecular weight excluding hydrogens is 441 g/mol. The quantitative estimate of drug-likeness (QED) is 0.553. The number of esters is 1. The first-order valence-corrected chi connectivity index (χ1v) is 10.2. The summed E-state index contributed by atoms with van der Waals surface area (Å²) in [7, 11) is -2.92. The number of ether oxygens (including phenoxy) is 2. The normalized spacial score (nSPS) is 11.6. The Hall–Kier alpha value is -3.12. The third kappa shape index (κ3) is 7.26. The molecule has 0 bridgehead atoms. The summed E-state index contributed by atoms with van der Waals surface area (Å²) in [5.41, 5.74) is -0.455. The van der Waals surface area contributed by atoms with Crippen molar-refractivity contribution in [1.29, 1.82) is 0 Å². The van der Waals surface area contributed by atoms with Crippen LogP contribution in [0.25, 0.3) is 0 Å². The first-order valence-electron chi connectivity index (χ1n) is 8.74. The summed E-state index contributed by atoms with van der Waals surface area (Å²) in [6.45, 7) is -1.42. The Morgan fingerprint density at radius 1 is 1.06 bits per heavy atom. The van der Waals surface area contributed by atoms with Crippen LogP contribution in [0.3, 0.4) is 0 Å². The van der Waals surface area contributed by atoms with Gasteiger partial charge in [-0.1, -0.05) is 24.3 Å². The van der Waals surface area contributed by atoms with E-state index in [2.05, 4.69) is 10.1 Å². The molecule has 1 amide bonds. The lowest BCUT2D eigenvalue weighted by Gasteiger charge is -2.11. The van der Waals surface area contributed by atoms with Gasteiger partial charge in [0.2, 0.25) is 10.0 Å². The number of para-hydroxylation sites is 1. The Bertz CT molecular complexity index is 1040. The molecule has 0 atom stereocenters. The van der Waals surface area contributed by atoms with Gasteiger partial charge >= 0.3 is 12.1 Å². The number of benzene rings is 2. The molecule has 0 radical (unpaired) electrons. The number of nitrogens with one attached hydrogen (secondary N) is 2. The van der Waals surface area contributed by atoms with Crippen molar-refractivity contribution in [1.82, 2.24) is 10.0 Å². The Morgan fingerprint density at radius 3 is 2.45 bits per heavy atom. The molecule has 2 aromatic rings. The lowest BCUT2D eigenvalue weighted by atomic mass is 10.2. The van der Waals surface area contributed by atoms with Crippen LogP contribution < -0.4 is 14.8 Å². The van der Waals surface area contributed by atoms with Crippen LogP contribution in [0.1, 0.15) is 11.1 Å². The molecule has 2 N–H and O–H groups in total. The average Bonchev–Trinajstić information content (AvgIpc) is 2.74. The molecule has 0 unspecified atom stereocenters. The molecule has 0 saturated heterocycles. The number of carbonyl (C=O) groups excluding carboxylic acids is 2. The molecule has 0 aliphatic rings. The van der Waals surface area contributed by atoms with Crippen LogP contribution in [0.4, 0.5) is 13.2 Å². The van der Waals surface area contributed by atoms with E-state index in [1.54, 1.807) is 24.3 Å². The molecule has 168 valence electrons. The standard InChI is InChI=1S/C19H19F3N2O6S/c1-29-16-8-3-2-5-13(16)10-23-17(25)12-30-18(26)11-24-31(27,28)15-7-4-6-14(9-15)19(20,21)22/h2-9,24H,10-12H2,1H3,(H,23,25). The Labute approximate surface area is 176 Å². The Kier molecular flexibility index (Phi) is 8.00. The van der Waals surface area contributed by atoms with Crippen molar-refractivity contribution in [3.05, 3.63) is 59.7 Å². The van der Waals surface area contributed by atoms with E-state index in [0.29, 0.717) is 17.4 Å². The van der Waals surface area contributed by atoms with Crippen LogP contribution in [0.15, 0.2) is 53.4 Å². The van der Waals surface area contributed by atoms with Crippen LogP contribution >= 0.6 is 0 Å². The molecule has 8 nitrogen and oxygen atoms in total. The van der Waals surface area contributed by atoms with E-state index in [9.17, 15) is 31.2 Å². The molecule has 0 heterocycles. The first-order chi connectivity index (χ1) is 14.5. The first kappa shape index (κ1) is 24.2. The monoisotopic (exact) mass is 460 g/mol. The smallest absolute Gasteiger partial charge is 0.416 e. The summed E-state index contributed by atoms with van der Waals surface area (Å²) < 4.78 is 74.0. The number of hydrogen-bond donors (Lipinski definition) is 2. The summed E-state index contributed by atoms with van der Waals surface area (Å²) in [4.78, 5) is 22.8. The fraction of sp³-hybridized carbons (Fsp3) is 0.263. The fourth-order valence-electron chi connectivity index (χ4n) is 2.37. The van der Waals surface area contributed by atoms with Crippen LogP contribution in [0, 0.1) is 0 Å². The van der Waals surface area contributed by atoms with Gasteiger partial charge in [-0.2, -0.15) is 17.9 Å². The molecule has 31 heavy (non-hydrogen) atoms. The summed E-state index contributed by atoms with van der Waals surface area (Å²) in [5, 5.41) is 2.51. The van der Waals surface area contributed by atoms with E-state index in [1.807, 2.05) is 4.72 Å². The molecule has 0 saturated carbocycles. The van der Waals surface area contributed by atoms with Crippen molar-refractivity contribution in [2.24, 2.45) is 0 Å². The minimum atomic E-state index is -4.72. The molecule has 12 heteroatoms. The van der Waals surface area contributed by atoms with Crippen LogP contribution in [0.2, 0.25) is 0 Å². The number of sulfonamides is 1. The minimum absolute atomic E-state index is 0.114. The van der Waals surface area contributed by atoms with E-state index < -0.39 is 51.7 Å². The number of rotatable bonds is 9. The highest BCUT2D eigenvalue weighted by Crippen LogP contribution is 2.30. The number of carbonyl (C=O) groups is 2. The van der Waals surface area contributed by atoms with Gasteiger partial charge in [0.15, 0.2) is 6.61 Å². The predicted molar refractivity (Wildman–Crippen MR) is 102 cm³/mol. The maximum Gasteiger partial charge on any atom is 0.416 e. The number of hydrogen-bond acceptors (Lipinski definition) is 6. The zero-order valence-corrected chi connectivity index (χ0v) is 17.0. The van der Waals surface area contributed by atoms with E-state index in [0.717, 1.165) is 18.2 Å². The summed E-state index contributed by atoms with van der Waals surface area (Å²) in [5.74, 6) is -1.16. The third-order valence-corrected chi connectivity index (χ3v) is 5.31. The lowest BCUT2D eigenvalue weighted by molar-refractivity contribution is -0.147. The molecule has 2 aromatic carbocycles. The summed E-state index contributed by atoms with van der Waals surface area (Å²) in [6.07, 6.45) is -4.72. The summed E-state index contributed by atoms with van der Waals surface area (Å²) >= 11 is 0. The van der Waals surface area contributed by atoms with E-state index in [-0.39, 0.29) is 6.54 Å². The van der Waals surface area contributed by atoms with E-state index in [1.165, 1.54) is 7.11 Å². The maximum absolute atomic E-state index is 12.7. The Morgan fingerprint density at radius 2 is 1.77 bits per heavy atom. The highest BCUT2D eigenvalue weighted by atomic mass is 32.2. The topological polar surface area (TPSA) is 111 Å².